The topological polar surface area (TPSA) is 50.8 Å². The van der Waals surface area contributed by atoms with Gasteiger partial charge in [-0.05, 0) is 37.5 Å². The number of nitriles is 2. The van der Waals surface area contributed by atoms with E-state index in [2.05, 4.69) is 36.1 Å². The van der Waals surface area contributed by atoms with Crippen LogP contribution in [0, 0.1) is 29.6 Å². The van der Waals surface area contributed by atoms with E-state index in [4.69, 9.17) is 10.5 Å². The van der Waals surface area contributed by atoms with Gasteiger partial charge in [0.15, 0.2) is 0 Å². The number of anilines is 1. The summed E-state index contributed by atoms with van der Waals surface area (Å²) in [6, 6.07) is 12.4. The summed E-state index contributed by atoms with van der Waals surface area (Å²) in [6.07, 6.45) is 1.62. The Labute approximate surface area is 108 Å². The van der Waals surface area contributed by atoms with Crippen LogP contribution >= 0.6 is 0 Å². The van der Waals surface area contributed by atoms with Gasteiger partial charge in [-0.3, -0.25) is 0 Å². The maximum atomic E-state index is 8.85. The van der Waals surface area contributed by atoms with Crippen molar-refractivity contribution in [3.05, 3.63) is 41.0 Å². The lowest BCUT2D eigenvalue weighted by Crippen LogP contribution is -2.30. The van der Waals surface area contributed by atoms with Crippen molar-refractivity contribution in [1.82, 2.24) is 0 Å². The molecule has 18 heavy (non-hydrogen) atoms. The molecule has 0 saturated carbocycles. The molecule has 0 N–H and O–H groups in total. The van der Waals surface area contributed by atoms with Crippen LogP contribution in [0.25, 0.3) is 0 Å². The Hall–Kier alpha value is -2.26. The second kappa shape index (κ2) is 5.38. The maximum Gasteiger partial charge on any atom is 0.129 e. The maximum absolute atomic E-state index is 8.85. The zero-order chi connectivity index (χ0) is 13.0. The van der Waals surface area contributed by atoms with Crippen molar-refractivity contribution in [2.24, 2.45) is 0 Å². The molecule has 1 fully saturated rings. The lowest BCUT2D eigenvalue weighted by Gasteiger charge is -2.30. The van der Waals surface area contributed by atoms with Gasteiger partial charge in [-0.1, -0.05) is 17.7 Å². The second-order valence-corrected chi connectivity index (χ2v) is 4.52. The van der Waals surface area contributed by atoms with E-state index in [9.17, 15) is 0 Å². The van der Waals surface area contributed by atoms with Gasteiger partial charge in [-0.15, -0.1) is 0 Å². The SMILES string of the molecule is Cc1ccc(N2CCC(=C(C#N)C#N)CC2)cc1. The average molecular weight is 237 g/mol. The highest BCUT2D eigenvalue weighted by Gasteiger charge is 2.17. The summed E-state index contributed by atoms with van der Waals surface area (Å²) in [4.78, 5) is 2.30. The highest BCUT2D eigenvalue weighted by atomic mass is 15.1. The zero-order valence-electron chi connectivity index (χ0n) is 10.5. The third-order valence-electron chi connectivity index (χ3n) is 3.34. The number of hydrogen-bond donors (Lipinski definition) is 0. The van der Waals surface area contributed by atoms with Crippen LogP contribution in [0.15, 0.2) is 35.4 Å². The molecule has 1 heterocycles. The van der Waals surface area contributed by atoms with Gasteiger partial charge in [-0.2, -0.15) is 10.5 Å². The number of hydrogen-bond acceptors (Lipinski definition) is 3. The predicted molar refractivity (Wildman–Crippen MR) is 70.9 cm³/mol. The summed E-state index contributed by atoms with van der Waals surface area (Å²) in [5.74, 6) is 0. The molecule has 0 radical (unpaired) electrons. The van der Waals surface area contributed by atoms with Crippen molar-refractivity contribution < 1.29 is 0 Å². The van der Waals surface area contributed by atoms with Gasteiger partial charge >= 0.3 is 0 Å². The van der Waals surface area contributed by atoms with Gasteiger partial charge in [0.05, 0.1) is 0 Å². The van der Waals surface area contributed by atoms with E-state index in [1.807, 2.05) is 12.1 Å². The second-order valence-electron chi connectivity index (χ2n) is 4.52. The highest BCUT2D eigenvalue weighted by Crippen LogP contribution is 2.24. The highest BCUT2D eigenvalue weighted by molar-refractivity contribution is 5.50. The third kappa shape index (κ3) is 2.52. The Morgan fingerprint density at radius 3 is 2.11 bits per heavy atom. The lowest BCUT2D eigenvalue weighted by atomic mass is 9.98. The summed E-state index contributed by atoms with van der Waals surface area (Å²) in [5, 5.41) is 17.7. The van der Waals surface area contributed by atoms with E-state index < -0.39 is 0 Å². The Bertz CT molecular complexity index is 515. The summed E-state index contributed by atoms with van der Waals surface area (Å²) >= 11 is 0. The summed E-state index contributed by atoms with van der Waals surface area (Å²) < 4.78 is 0. The van der Waals surface area contributed by atoms with Crippen molar-refractivity contribution in [2.75, 3.05) is 18.0 Å². The molecule has 3 heteroatoms. The first-order chi connectivity index (χ1) is 8.74. The number of allylic oxidation sites excluding steroid dienone is 1. The summed E-state index contributed by atoms with van der Waals surface area (Å²) in [5.41, 5.74) is 3.78. The van der Waals surface area contributed by atoms with Crippen molar-refractivity contribution in [3.63, 3.8) is 0 Å². The summed E-state index contributed by atoms with van der Waals surface area (Å²) in [7, 11) is 0. The molecule has 1 aliphatic heterocycles. The van der Waals surface area contributed by atoms with Gasteiger partial charge in [0, 0.05) is 18.8 Å². The fraction of sp³-hybridized carbons (Fsp3) is 0.333. The molecule has 0 amide bonds. The zero-order valence-corrected chi connectivity index (χ0v) is 10.5. The molecule has 0 bridgehead atoms. The van der Waals surface area contributed by atoms with Gasteiger partial charge in [0.2, 0.25) is 0 Å². The first-order valence-corrected chi connectivity index (χ1v) is 6.08. The first kappa shape index (κ1) is 12.2. The van der Waals surface area contributed by atoms with Crippen LogP contribution in [0.1, 0.15) is 18.4 Å². The normalized spacial score (nSPS) is 14.8. The number of piperidine rings is 1. The number of rotatable bonds is 1. The van der Waals surface area contributed by atoms with E-state index in [1.54, 1.807) is 0 Å². The number of nitrogens with zero attached hydrogens (tertiary/aromatic N) is 3. The third-order valence-corrected chi connectivity index (χ3v) is 3.34. The first-order valence-electron chi connectivity index (χ1n) is 6.08. The molecule has 1 aromatic carbocycles. The molecule has 1 aliphatic rings. The van der Waals surface area contributed by atoms with Crippen LogP contribution in [-0.2, 0) is 0 Å². The fourth-order valence-electron chi connectivity index (χ4n) is 2.22. The van der Waals surface area contributed by atoms with E-state index in [0.29, 0.717) is 5.57 Å². The minimum Gasteiger partial charge on any atom is -0.371 e. The van der Waals surface area contributed by atoms with E-state index in [-0.39, 0.29) is 0 Å². The minimum atomic E-state index is 0.304. The molecule has 1 aromatic rings. The van der Waals surface area contributed by atoms with Crippen molar-refractivity contribution in [2.45, 2.75) is 19.8 Å². The Morgan fingerprint density at radius 1 is 1.06 bits per heavy atom. The fourth-order valence-corrected chi connectivity index (χ4v) is 2.22. The predicted octanol–water partition coefficient (Wildman–Crippen LogP) is 2.94. The molecular weight excluding hydrogens is 222 g/mol. The van der Waals surface area contributed by atoms with Gasteiger partial charge in [0.25, 0.3) is 0 Å². The minimum absolute atomic E-state index is 0.304. The van der Waals surface area contributed by atoms with Gasteiger partial charge in [0.1, 0.15) is 17.7 Å². The van der Waals surface area contributed by atoms with E-state index in [1.165, 1.54) is 11.3 Å². The van der Waals surface area contributed by atoms with Crippen LogP contribution in [0.5, 0.6) is 0 Å². The Morgan fingerprint density at radius 2 is 1.61 bits per heavy atom. The van der Waals surface area contributed by atoms with Crippen LogP contribution in [0.2, 0.25) is 0 Å². The van der Waals surface area contributed by atoms with Crippen LogP contribution in [0.4, 0.5) is 5.69 Å². The Balaban J connectivity index is 2.08. The largest absolute Gasteiger partial charge is 0.371 e. The molecule has 0 unspecified atom stereocenters. The lowest BCUT2D eigenvalue weighted by molar-refractivity contribution is 0.682. The van der Waals surface area contributed by atoms with Crippen molar-refractivity contribution >= 4 is 5.69 Å². The van der Waals surface area contributed by atoms with Crippen LogP contribution in [0.3, 0.4) is 0 Å². The molecule has 0 atom stereocenters. The molecular formula is C15H15N3. The molecule has 1 saturated heterocycles. The number of aryl methyl sites for hydroxylation is 1. The van der Waals surface area contributed by atoms with Gasteiger partial charge in [-0.25, -0.2) is 0 Å². The quantitative estimate of drug-likeness (QED) is 0.705. The monoisotopic (exact) mass is 237 g/mol. The molecule has 0 aromatic heterocycles. The standard InChI is InChI=1S/C15H15N3/c1-12-2-4-15(5-3-12)18-8-6-13(7-9-18)14(10-16)11-17/h2-5H,6-9H2,1H3. The van der Waals surface area contributed by atoms with E-state index in [0.717, 1.165) is 31.5 Å². The molecule has 3 nitrogen and oxygen atoms in total. The Kier molecular flexibility index (Phi) is 3.65. The number of benzene rings is 1. The van der Waals surface area contributed by atoms with Crippen LogP contribution in [-0.4, -0.2) is 13.1 Å². The molecule has 0 spiro atoms. The molecule has 2 rings (SSSR count). The average Bonchev–Trinajstić information content (AvgIpc) is 2.42. The summed E-state index contributed by atoms with van der Waals surface area (Å²) in [6.45, 7) is 3.84. The van der Waals surface area contributed by atoms with Crippen molar-refractivity contribution in [1.29, 1.82) is 10.5 Å². The molecule has 90 valence electrons. The smallest absolute Gasteiger partial charge is 0.129 e. The van der Waals surface area contributed by atoms with Gasteiger partial charge < -0.3 is 4.90 Å². The molecule has 0 aliphatic carbocycles. The van der Waals surface area contributed by atoms with E-state index >= 15 is 0 Å². The van der Waals surface area contributed by atoms with Crippen molar-refractivity contribution in [3.8, 4) is 12.1 Å². The van der Waals surface area contributed by atoms with Crippen LogP contribution < -0.4 is 4.90 Å².